The molecule has 90 valence electrons. The van der Waals surface area contributed by atoms with Crippen molar-refractivity contribution in [3.05, 3.63) is 29.8 Å². The van der Waals surface area contributed by atoms with Gasteiger partial charge in [-0.2, -0.15) is 0 Å². The van der Waals surface area contributed by atoms with Gasteiger partial charge in [-0.05, 0) is 37.6 Å². The van der Waals surface area contributed by atoms with Gasteiger partial charge in [0.2, 0.25) is 0 Å². The first kappa shape index (κ1) is 13.0. The molecular weight excluding hydrogens is 202 g/mol. The first-order valence-corrected chi connectivity index (χ1v) is 5.64. The average molecular weight is 223 g/mol. The minimum atomic E-state index is 0.340. The largest absolute Gasteiger partial charge is 0.497 e. The van der Waals surface area contributed by atoms with E-state index in [9.17, 15) is 0 Å². The average Bonchev–Trinajstić information content (AvgIpc) is 2.34. The lowest BCUT2D eigenvalue weighted by Crippen LogP contribution is -2.20. The lowest BCUT2D eigenvalue weighted by molar-refractivity contribution is 0.193. The van der Waals surface area contributed by atoms with E-state index in [0.717, 1.165) is 25.3 Å². The van der Waals surface area contributed by atoms with E-state index in [-0.39, 0.29) is 0 Å². The van der Waals surface area contributed by atoms with E-state index in [2.05, 4.69) is 24.4 Å². The number of ether oxygens (including phenoxy) is 2. The second-order valence-electron chi connectivity index (χ2n) is 3.80. The maximum absolute atomic E-state index is 5.20. The first-order chi connectivity index (χ1) is 7.77. The Kier molecular flexibility index (Phi) is 5.90. The molecule has 3 heteroatoms. The second kappa shape index (κ2) is 7.25. The Morgan fingerprint density at radius 1 is 1.31 bits per heavy atom. The van der Waals surface area contributed by atoms with Crippen molar-refractivity contribution in [2.75, 3.05) is 27.4 Å². The Morgan fingerprint density at radius 3 is 2.81 bits per heavy atom. The normalized spacial score (nSPS) is 12.4. The lowest BCUT2D eigenvalue weighted by atomic mass is 10.1. The fourth-order valence-electron chi connectivity index (χ4n) is 1.56. The van der Waals surface area contributed by atoms with Crippen molar-refractivity contribution in [2.45, 2.75) is 19.4 Å². The van der Waals surface area contributed by atoms with Crippen LogP contribution in [0.3, 0.4) is 0 Å². The van der Waals surface area contributed by atoms with Gasteiger partial charge in [-0.25, -0.2) is 0 Å². The molecule has 16 heavy (non-hydrogen) atoms. The number of benzene rings is 1. The van der Waals surface area contributed by atoms with Crippen LogP contribution < -0.4 is 10.1 Å². The quantitative estimate of drug-likeness (QED) is 0.720. The molecule has 0 bridgehead atoms. The summed E-state index contributed by atoms with van der Waals surface area (Å²) < 4.78 is 10.2. The lowest BCUT2D eigenvalue weighted by Gasteiger charge is -2.14. The molecule has 1 atom stereocenters. The molecule has 0 saturated heterocycles. The van der Waals surface area contributed by atoms with Crippen LogP contribution in [0.15, 0.2) is 24.3 Å². The van der Waals surface area contributed by atoms with Crippen molar-refractivity contribution in [2.24, 2.45) is 0 Å². The van der Waals surface area contributed by atoms with Crippen LogP contribution in [-0.2, 0) is 4.74 Å². The maximum atomic E-state index is 5.20. The van der Waals surface area contributed by atoms with E-state index in [1.807, 2.05) is 12.1 Å². The highest BCUT2D eigenvalue weighted by Crippen LogP contribution is 2.18. The topological polar surface area (TPSA) is 30.5 Å². The van der Waals surface area contributed by atoms with Crippen LogP contribution in [0.25, 0.3) is 0 Å². The molecule has 0 aromatic heterocycles. The minimum Gasteiger partial charge on any atom is -0.497 e. The van der Waals surface area contributed by atoms with Gasteiger partial charge in [0.25, 0.3) is 0 Å². The van der Waals surface area contributed by atoms with Gasteiger partial charge in [-0.3, -0.25) is 0 Å². The van der Waals surface area contributed by atoms with Gasteiger partial charge in [-0.1, -0.05) is 12.1 Å². The molecule has 0 heterocycles. The third-order valence-electron chi connectivity index (χ3n) is 2.57. The number of nitrogens with one attached hydrogen (secondary N) is 1. The minimum absolute atomic E-state index is 0.340. The van der Waals surface area contributed by atoms with E-state index in [1.54, 1.807) is 14.2 Å². The predicted octanol–water partition coefficient (Wildman–Crippen LogP) is 2.38. The van der Waals surface area contributed by atoms with Gasteiger partial charge in [0.05, 0.1) is 7.11 Å². The van der Waals surface area contributed by atoms with E-state index < -0.39 is 0 Å². The summed E-state index contributed by atoms with van der Waals surface area (Å²) >= 11 is 0. The molecule has 0 fully saturated rings. The zero-order valence-electron chi connectivity index (χ0n) is 10.3. The summed E-state index contributed by atoms with van der Waals surface area (Å²) in [5.41, 5.74) is 1.25. The highest BCUT2D eigenvalue weighted by Gasteiger charge is 2.04. The van der Waals surface area contributed by atoms with Gasteiger partial charge in [0.1, 0.15) is 5.75 Å². The molecule has 1 rings (SSSR count). The number of methoxy groups -OCH3 is 2. The van der Waals surface area contributed by atoms with Gasteiger partial charge < -0.3 is 14.8 Å². The fourth-order valence-corrected chi connectivity index (χ4v) is 1.56. The maximum Gasteiger partial charge on any atom is 0.119 e. The number of hydrogen-bond acceptors (Lipinski definition) is 3. The highest BCUT2D eigenvalue weighted by atomic mass is 16.5. The van der Waals surface area contributed by atoms with Crippen LogP contribution in [0, 0.1) is 0 Å². The summed E-state index contributed by atoms with van der Waals surface area (Å²) in [7, 11) is 3.42. The van der Waals surface area contributed by atoms with E-state index >= 15 is 0 Å². The third-order valence-corrected chi connectivity index (χ3v) is 2.57. The zero-order valence-corrected chi connectivity index (χ0v) is 10.3. The van der Waals surface area contributed by atoms with Crippen LogP contribution >= 0.6 is 0 Å². The Bertz CT molecular complexity index is 302. The van der Waals surface area contributed by atoms with Gasteiger partial charge >= 0.3 is 0 Å². The van der Waals surface area contributed by atoms with Crippen molar-refractivity contribution >= 4 is 0 Å². The summed E-state index contributed by atoms with van der Waals surface area (Å²) in [4.78, 5) is 0. The number of rotatable bonds is 7. The molecule has 0 amide bonds. The van der Waals surface area contributed by atoms with Gasteiger partial charge in [0, 0.05) is 19.8 Å². The zero-order chi connectivity index (χ0) is 11.8. The standard InChI is InChI=1S/C13H21NO2/c1-11(14-8-5-9-15-2)12-6-4-7-13(10-12)16-3/h4,6-7,10-11,14H,5,8-9H2,1-3H3/t11-/m0/s1. The molecule has 0 unspecified atom stereocenters. The van der Waals surface area contributed by atoms with Crippen molar-refractivity contribution in [1.29, 1.82) is 0 Å². The third kappa shape index (κ3) is 4.21. The Balaban J connectivity index is 2.42. The summed E-state index contributed by atoms with van der Waals surface area (Å²) in [6.07, 6.45) is 1.03. The number of hydrogen-bond donors (Lipinski definition) is 1. The predicted molar refractivity (Wildman–Crippen MR) is 65.9 cm³/mol. The van der Waals surface area contributed by atoms with Gasteiger partial charge in [-0.15, -0.1) is 0 Å². The Hall–Kier alpha value is -1.06. The van der Waals surface area contributed by atoms with Crippen LogP contribution in [-0.4, -0.2) is 27.4 Å². The molecule has 0 aliphatic heterocycles. The molecule has 1 N–H and O–H groups in total. The van der Waals surface area contributed by atoms with Gasteiger partial charge in [0.15, 0.2) is 0 Å². The fraction of sp³-hybridized carbons (Fsp3) is 0.538. The Labute approximate surface area is 97.8 Å². The van der Waals surface area contributed by atoms with Crippen LogP contribution in [0.4, 0.5) is 0 Å². The van der Waals surface area contributed by atoms with Crippen molar-refractivity contribution in [3.8, 4) is 5.75 Å². The molecule has 0 aliphatic carbocycles. The van der Waals surface area contributed by atoms with E-state index in [0.29, 0.717) is 6.04 Å². The molecule has 1 aromatic rings. The van der Waals surface area contributed by atoms with Crippen molar-refractivity contribution < 1.29 is 9.47 Å². The summed E-state index contributed by atoms with van der Waals surface area (Å²) in [6.45, 7) is 3.92. The van der Waals surface area contributed by atoms with Crippen LogP contribution in [0.2, 0.25) is 0 Å². The monoisotopic (exact) mass is 223 g/mol. The second-order valence-corrected chi connectivity index (χ2v) is 3.80. The van der Waals surface area contributed by atoms with E-state index in [4.69, 9.17) is 9.47 Å². The van der Waals surface area contributed by atoms with Crippen molar-refractivity contribution in [3.63, 3.8) is 0 Å². The molecule has 0 radical (unpaired) electrons. The first-order valence-electron chi connectivity index (χ1n) is 5.64. The summed E-state index contributed by atoms with van der Waals surface area (Å²) in [5, 5.41) is 3.45. The molecule has 0 aliphatic rings. The van der Waals surface area contributed by atoms with E-state index in [1.165, 1.54) is 5.56 Å². The SMILES string of the molecule is COCCCN[C@@H](C)c1cccc(OC)c1. The molecular formula is C13H21NO2. The van der Waals surface area contributed by atoms with Crippen LogP contribution in [0.5, 0.6) is 5.75 Å². The smallest absolute Gasteiger partial charge is 0.119 e. The molecule has 1 aromatic carbocycles. The van der Waals surface area contributed by atoms with Crippen molar-refractivity contribution in [1.82, 2.24) is 5.32 Å². The summed E-state index contributed by atoms with van der Waals surface area (Å²) in [5.74, 6) is 0.906. The van der Waals surface area contributed by atoms with Crippen LogP contribution in [0.1, 0.15) is 24.9 Å². The Morgan fingerprint density at radius 2 is 2.12 bits per heavy atom. The highest BCUT2D eigenvalue weighted by molar-refractivity contribution is 5.30. The molecule has 0 saturated carbocycles. The molecule has 0 spiro atoms. The summed E-state index contributed by atoms with van der Waals surface area (Å²) in [6, 6.07) is 8.49. The molecule has 3 nitrogen and oxygen atoms in total.